The molecule has 0 bridgehead atoms. The Hall–Kier alpha value is -1.07. The summed E-state index contributed by atoms with van der Waals surface area (Å²) in [5.74, 6) is 0.813. The van der Waals surface area contributed by atoms with Gasteiger partial charge in [-0.2, -0.15) is 0 Å². The second-order valence-corrected chi connectivity index (χ2v) is 8.61. The van der Waals surface area contributed by atoms with Gasteiger partial charge in [0.05, 0.1) is 0 Å². The summed E-state index contributed by atoms with van der Waals surface area (Å²) < 4.78 is 1.26. The second-order valence-electron chi connectivity index (χ2n) is 7.75. The van der Waals surface area contributed by atoms with Crippen LogP contribution >= 0.6 is 15.9 Å². The normalized spacial score (nSPS) is 23.8. The van der Waals surface area contributed by atoms with Crippen LogP contribution in [0.3, 0.4) is 0 Å². The van der Waals surface area contributed by atoms with Crippen LogP contribution in [0.15, 0.2) is 22.7 Å². The zero-order valence-corrected chi connectivity index (χ0v) is 17.0. The molecule has 0 unspecified atom stereocenters. The maximum Gasteiger partial charge on any atom is 0.317 e. The summed E-state index contributed by atoms with van der Waals surface area (Å²) in [5.41, 5.74) is 2.98. The topological polar surface area (TPSA) is 35.6 Å². The third-order valence-corrected chi connectivity index (χ3v) is 6.47. The summed E-state index contributed by atoms with van der Waals surface area (Å²) in [6.07, 6.45) is 7.18. The van der Waals surface area contributed by atoms with Gasteiger partial charge in [0.25, 0.3) is 0 Å². The summed E-state index contributed by atoms with van der Waals surface area (Å²) in [4.78, 5) is 16.0. The zero-order valence-electron chi connectivity index (χ0n) is 15.4. The molecule has 1 fully saturated rings. The summed E-state index contributed by atoms with van der Waals surface area (Å²) in [5, 5.41) is 3.13. The standard InChI is InChI=1S/C20H30BrN3O/c1-23(2)20(25)22-17-8-6-15(7-9-17)10-12-24-13-11-16-4-3-5-19(21)18(16)14-24/h3-5,15,17H,6-14H2,1-2H3,(H,22,25). The van der Waals surface area contributed by atoms with Gasteiger partial charge in [-0.15, -0.1) is 0 Å². The van der Waals surface area contributed by atoms with Crippen LogP contribution in [0.25, 0.3) is 0 Å². The molecule has 1 saturated carbocycles. The van der Waals surface area contributed by atoms with Crippen LogP contribution in [0.5, 0.6) is 0 Å². The van der Waals surface area contributed by atoms with Gasteiger partial charge < -0.3 is 10.2 Å². The highest BCUT2D eigenvalue weighted by Gasteiger charge is 2.24. The van der Waals surface area contributed by atoms with Crippen molar-refractivity contribution in [2.75, 3.05) is 27.2 Å². The third kappa shape index (κ3) is 4.98. The van der Waals surface area contributed by atoms with E-state index in [-0.39, 0.29) is 6.03 Å². The molecule has 0 radical (unpaired) electrons. The molecule has 1 N–H and O–H groups in total. The van der Waals surface area contributed by atoms with Crippen LogP contribution in [-0.4, -0.2) is 49.1 Å². The molecule has 25 heavy (non-hydrogen) atoms. The van der Waals surface area contributed by atoms with E-state index in [1.807, 2.05) is 0 Å². The first kappa shape index (κ1) is 18.7. The fraction of sp³-hybridized carbons (Fsp3) is 0.650. The van der Waals surface area contributed by atoms with Gasteiger partial charge in [0.1, 0.15) is 0 Å². The van der Waals surface area contributed by atoms with E-state index in [1.165, 1.54) is 48.0 Å². The van der Waals surface area contributed by atoms with Crippen LogP contribution < -0.4 is 5.32 Å². The van der Waals surface area contributed by atoms with Crippen molar-refractivity contribution in [1.82, 2.24) is 15.1 Å². The minimum atomic E-state index is 0.0426. The number of urea groups is 1. The van der Waals surface area contributed by atoms with Gasteiger partial charge in [0, 0.05) is 37.7 Å². The first-order valence-corrected chi connectivity index (χ1v) is 10.3. The molecule has 0 spiro atoms. The highest BCUT2D eigenvalue weighted by atomic mass is 79.9. The molecular weight excluding hydrogens is 378 g/mol. The smallest absolute Gasteiger partial charge is 0.317 e. The van der Waals surface area contributed by atoms with E-state index >= 15 is 0 Å². The molecule has 5 heteroatoms. The minimum Gasteiger partial charge on any atom is -0.335 e. The van der Waals surface area contributed by atoms with E-state index < -0.39 is 0 Å². The lowest BCUT2D eigenvalue weighted by atomic mass is 9.84. The molecule has 2 aliphatic rings. The van der Waals surface area contributed by atoms with Crippen LogP contribution in [-0.2, 0) is 13.0 Å². The Labute approximate surface area is 160 Å². The summed E-state index contributed by atoms with van der Waals surface area (Å²) in [7, 11) is 3.60. The minimum absolute atomic E-state index is 0.0426. The Morgan fingerprint density at radius 1 is 1.28 bits per heavy atom. The van der Waals surface area contributed by atoms with Gasteiger partial charge in [0.15, 0.2) is 0 Å². The summed E-state index contributed by atoms with van der Waals surface area (Å²) in [6, 6.07) is 6.98. The van der Waals surface area contributed by atoms with Gasteiger partial charge in [-0.05, 0) is 68.2 Å². The molecule has 4 nitrogen and oxygen atoms in total. The largest absolute Gasteiger partial charge is 0.335 e. The number of halogens is 1. The van der Waals surface area contributed by atoms with Crippen LogP contribution in [0.1, 0.15) is 43.2 Å². The first-order chi connectivity index (χ1) is 12.0. The van der Waals surface area contributed by atoms with E-state index in [2.05, 4.69) is 44.3 Å². The average molecular weight is 408 g/mol. The van der Waals surface area contributed by atoms with Crippen LogP contribution in [0.2, 0.25) is 0 Å². The van der Waals surface area contributed by atoms with Crippen molar-refractivity contribution >= 4 is 22.0 Å². The number of rotatable bonds is 4. The molecule has 0 atom stereocenters. The highest BCUT2D eigenvalue weighted by molar-refractivity contribution is 9.10. The Morgan fingerprint density at radius 3 is 2.76 bits per heavy atom. The molecule has 1 heterocycles. The van der Waals surface area contributed by atoms with Crippen molar-refractivity contribution < 1.29 is 4.79 Å². The number of hydrogen-bond donors (Lipinski definition) is 1. The van der Waals surface area contributed by atoms with Gasteiger partial charge >= 0.3 is 6.03 Å². The van der Waals surface area contributed by atoms with Gasteiger partial charge in [-0.25, -0.2) is 4.79 Å². The van der Waals surface area contributed by atoms with Gasteiger partial charge in [-0.1, -0.05) is 28.1 Å². The number of amides is 2. The summed E-state index contributed by atoms with van der Waals surface area (Å²) >= 11 is 3.71. The highest BCUT2D eigenvalue weighted by Crippen LogP contribution is 2.30. The predicted molar refractivity (Wildman–Crippen MR) is 106 cm³/mol. The number of carbonyl (C=O) groups excluding carboxylic acids is 1. The van der Waals surface area contributed by atoms with Crippen LogP contribution in [0.4, 0.5) is 4.79 Å². The van der Waals surface area contributed by atoms with Crippen molar-refractivity contribution in [2.45, 2.75) is 51.1 Å². The number of nitrogens with zero attached hydrogens (tertiary/aromatic N) is 2. The van der Waals surface area contributed by atoms with Crippen molar-refractivity contribution in [3.05, 3.63) is 33.8 Å². The van der Waals surface area contributed by atoms with E-state index in [1.54, 1.807) is 19.0 Å². The Balaban J connectivity index is 1.41. The van der Waals surface area contributed by atoms with Gasteiger partial charge in [0.2, 0.25) is 0 Å². The molecule has 0 aromatic heterocycles. The Bertz CT molecular complexity index is 597. The Kier molecular flexibility index (Phi) is 6.39. The quantitative estimate of drug-likeness (QED) is 0.817. The van der Waals surface area contributed by atoms with Gasteiger partial charge in [-0.3, -0.25) is 4.90 Å². The second kappa shape index (κ2) is 8.54. The third-order valence-electron chi connectivity index (χ3n) is 5.73. The average Bonchev–Trinajstić information content (AvgIpc) is 2.61. The lowest BCUT2D eigenvalue weighted by Crippen LogP contribution is -2.43. The lowest BCUT2D eigenvalue weighted by molar-refractivity contribution is 0.193. The predicted octanol–water partition coefficient (Wildman–Crippen LogP) is 4.03. The van der Waals surface area contributed by atoms with Crippen molar-refractivity contribution in [3.63, 3.8) is 0 Å². The molecule has 3 rings (SSSR count). The maximum atomic E-state index is 11.8. The fourth-order valence-electron chi connectivity index (χ4n) is 4.05. The zero-order chi connectivity index (χ0) is 17.8. The van der Waals surface area contributed by atoms with E-state index in [9.17, 15) is 4.79 Å². The number of nitrogens with one attached hydrogen (secondary N) is 1. The first-order valence-electron chi connectivity index (χ1n) is 9.49. The summed E-state index contributed by atoms with van der Waals surface area (Å²) in [6.45, 7) is 3.45. The maximum absolute atomic E-state index is 11.8. The molecule has 1 aliphatic carbocycles. The van der Waals surface area contributed by atoms with E-state index in [0.29, 0.717) is 6.04 Å². The number of benzene rings is 1. The van der Waals surface area contributed by atoms with E-state index in [0.717, 1.165) is 31.7 Å². The number of carbonyl (C=O) groups is 1. The lowest BCUT2D eigenvalue weighted by Gasteiger charge is -2.33. The molecule has 1 aliphatic heterocycles. The Morgan fingerprint density at radius 2 is 2.04 bits per heavy atom. The monoisotopic (exact) mass is 407 g/mol. The SMILES string of the molecule is CN(C)C(=O)NC1CCC(CCN2CCc3cccc(Br)c3C2)CC1. The molecule has 0 saturated heterocycles. The van der Waals surface area contributed by atoms with Crippen molar-refractivity contribution in [3.8, 4) is 0 Å². The number of hydrogen-bond acceptors (Lipinski definition) is 2. The molecule has 1 aromatic rings. The molecular formula is C20H30BrN3O. The van der Waals surface area contributed by atoms with Crippen LogP contribution in [0, 0.1) is 5.92 Å². The fourth-order valence-corrected chi connectivity index (χ4v) is 4.58. The number of fused-ring (bicyclic) bond motifs is 1. The molecule has 1 aromatic carbocycles. The van der Waals surface area contributed by atoms with E-state index in [4.69, 9.17) is 0 Å². The van der Waals surface area contributed by atoms with Crippen molar-refractivity contribution in [2.24, 2.45) is 5.92 Å². The van der Waals surface area contributed by atoms with Crippen molar-refractivity contribution in [1.29, 1.82) is 0 Å². The molecule has 138 valence electrons. The molecule has 2 amide bonds.